The monoisotopic (exact) mass is 800 g/mol. The summed E-state index contributed by atoms with van der Waals surface area (Å²) in [5, 5.41) is 7.82. The molecule has 0 aliphatic heterocycles. The van der Waals surface area contributed by atoms with E-state index in [1.807, 2.05) is 24.5 Å². The molecule has 4 nitrogen and oxygen atoms in total. The van der Waals surface area contributed by atoms with E-state index in [0.717, 1.165) is 47.2 Å². The van der Waals surface area contributed by atoms with Crippen LogP contribution >= 0.6 is 0 Å². The van der Waals surface area contributed by atoms with E-state index in [1.54, 1.807) is 0 Å². The molecule has 0 fully saturated rings. The van der Waals surface area contributed by atoms with Gasteiger partial charge < -0.3 is 0 Å². The molecule has 0 N–H and O–H groups in total. The molecule has 0 saturated heterocycles. The van der Waals surface area contributed by atoms with Gasteiger partial charge in [-0.3, -0.25) is 9.80 Å². The molecule has 0 bridgehead atoms. The Balaban J connectivity index is 1.21. The van der Waals surface area contributed by atoms with E-state index in [2.05, 4.69) is 201 Å². The number of hydrogen-bond acceptors (Lipinski definition) is 4. The summed E-state index contributed by atoms with van der Waals surface area (Å²) in [5.74, 6) is 2.06. The van der Waals surface area contributed by atoms with Gasteiger partial charge in [0.2, 0.25) is 0 Å². The number of nitrogens with zero attached hydrogens (tertiary/aromatic N) is 4. The first-order valence-corrected chi connectivity index (χ1v) is 21.9. The summed E-state index contributed by atoms with van der Waals surface area (Å²) in [6.45, 7) is 9.52. The van der Waals surface area contributed by atoms with E-state index in [0.29, 0.717) is 0 Å². The maximum atomic E-state index is 5.03. The minimum atomic E-state index is -0.0314. The zero-order valence-corrected chi connectivity index (χ0v) is 35.7. The number of hydrogen-bond donors (Lipinski definition) is 0. The minimum absolute atomic E-state index is 0.0314. The van der Waals surface area contributed by atoms with Crippen LogP contribution in [0.3, 0.4) is 0 Å². The van der Waals surface area contributed by atoms with Crippen molar-refractivity contribution in [3.05, 3.63) is 205 Å². The van der Waals surface area contributed by atoms with E-state index in [4.69, 9.17) is 9.97 Å². The summed E-state index contributed by atoms with van der Waals surface area (Å²) in [4.78, 5) is 14.8. The Hall–Kier alpha value is -7.30. The Labute approximate surface area is 364 Å². The maximum Gasteiger partial charge on any atom is 0.137 e. The number of benzene rings is 8. The SMILES string of the molecule is CC(C)c1cc(N(c2ccc(-c3ccccc3)cc2)c2ccccn2)c2cc3c4c(cc(N(c5ccc(-c6ccccc6)cc5)c5ccccn5)c5ccc1c2c54)CCC3(C)C. The number of rotatable bonds is 9. The van der Waals surface area contributed by atoms with Crippen LogP contribution in [0.15, 0.2) is 188 Å². The van der Waals surface area contributed by atoms with Gasteiger partial charge in [-0.05, 0) is 146 Å². The highest BCUT2D eigenvalue weighted by atomic mass is 15.2. The van der Waals surface area contributed by atoms with Crippen LogP contribution in [0, 0.1) is 0 Å². The predicted molar refractivity (Wildman–Crippen MR) is 261 cm³/mol. The first-order valence-electron chi connectivity index (χ1n) is 21.9. The van der Waals surface area contributed by atoms with E-state index < -0.39 is 0 Å². The number of aryl methyl sites for hydroxylation is 1. The highest BCUT2D eigenvalue weighted by Gasteiger charge is 2.34. The van der Waals surface area contributed by atoms with E-state index in [-0.39, 0.29) is 11.3 Å². The van der Waals surface area contributed by atoms with Crippen LogP contribution in [0.4, 0.5) is 34.4 Å². The van der Waals surface area contributed by atoms with Crippen molar-refractivity contribution in [3.63, 3.8) is 0 Å². The van der Waals surface area contributed by atoms with Crippen LogP contribution in [0.2, 0.25) is 0 Å². The zero-order valence-electron chi connectivity index (χ0n) is 35.7. The van der Waals surface area contributed by atoms with Gasteiger partial charge in [-0.1, -0.05) is 137 Å². The second-order valence-electron chi connectivity index (χ2n) is 17.7. The van der Waals surface area contributed by atoms with E-state index >= 15 is 0 Å². The molecule has 0 unspecified atom stereocenters. The highest BCUT2D eigenvalue weighted by molar-refractivity contribution is 6.30. The third kappa shape index (κ3) is 6.29. The van der Waals surface area contributed by atoms with Crippen molar-refractivity contribution in [1.29, 1.82) is 0 Å². The molecule has 8 aromatic carbocycles. The first-order chi connectivity index (χ1) is 30.3. The van der Waals surface area contributed by atoms with E-state index in [9.17, 15) is 0 Å². The molecule has 300 valence electrons. The van der Waals surface area contributed by atoms with E-state index in [1.165, 1.54) is 71.3 Å². The summed E-state index contributed by atoms with van der Waals surface area (Å²) in [6, 6.07) is 63.9. The number of aromatic nitrogens is 2. The average Bonchev–Trinajstić information content (AvgIpc) is 3.32. The topological polar surface area (TPSA) is 32.3 Å². The fraction of sp³-hybridized carbons (Fsp3) is 0.138. The smallest absolute Gasteiger partial charge is 0.137 e. The van der Waals surface area contributed by atoms with Gasteiger partial charge in [0.05, 0.1) is 11.4 Å². The van der Waals surface area contributed by atoms with Crippen molar-refractivity contribution in [3.8, 4) is 22.3 Å². The van der Waals surface area contributed by atoms with Crippen LogP contribution in [-0.4, -0.2) is 9.97 Å². The van der Waals surface area contributed by atoms with Crippen LogP contribution in [0.1, 0.15) is 56.7 Å². The Morgan fingerprint density at radius 1 is 0.468 bits per heavy atom. The molecule has 1 aliphatic carbocycles. The van der Waals surface area contributed by atoms with Gasteiger partial charge in [0.15, 0.2) is 0 Å². The van der Waals surface area contributed by atoms with Gasteiger partial charge in [-0.2, -0.15) is 0 Å². The second-order valence-corrected chi connectivity index (χ2v) is 17.7. The van der Waals surface area contributed by atoms with Crippen molar-refractivity contribution in [2.24, 2.45) is 0 Å². The van der Waals surface area contributed by atoms with Crippen LogP contribution in [-0.2, 0) is 11.8 Å². The fourth-order valence-electron chi connectivity index (χ4n) is 9.96. The third-order valence-corrected chi connectivity index (χ3v) is 13.1. The van der Waals surface area contributed by atoms with Gasteiger partial charge in [-0.25, -0.2) is 9.97 Å². The fourth-order valence-corrected chi connectivity index (χ4v) is 9.96. The maximum absolute atomic E-state index is 5.03. The quantitative estimate of drug-likeness (QED) is 0.136. The van der Waals surface area contributed by atoms with Crippen molar-refractivity contribution in [2.45, 2.75) is 51.9 Å². The van der Waals surface area contributed by atoms with Crippen LogP contribution in [0.25, 0.3) is 54.6 Å². The molecule has 0 saturated carbocycles. The van der Waals surface area contributed by atoms with Crippen molar-refractivity contribution in [1.82, 2.24) is 9.97 Å². The Kier molecular flexibility index (Phi) is 9.12. The van der Waals surface area contributed by atoms with Gasteiger partial charge in [0, 0.05) is 39.9 Å². The summed E-state index contributed by atoms with van der Waals surface area (Å²) < 4.78 is 0. The largest absolute Gasteiger partial charge is 0.294 e. The zero-order chi connectivity index (χ0) is 42.0. The lowest BCUT2D eigenvalue weighted by Crippen LogP contribution is -2.24. The van der Waals surface area contributed by atoms with Gasteiger partial charge >= 0.3 is 0 Å². The molecule has 11 rings (SSSR count). The lowest BCUT2D eigenvalue weighted by atomic mass is 9.70. The highest BCUT2D eigenvalue weighted by Crippen LogP contribution is 2.54. The molecule has 4 heteroatoms. The first kappa shape index (κ1) is 37.7. The lowest BCUT2D eigenvalue weighted by molar-refractivity contribution is 0.475. The average molecular weight is 801 g/mol. The number of pyridine rings is 2. The van der Waals surface area contributed by atoms with Crippen molar-refractivity contribution >= 4 is 66.7 Å². The molecule has 10 aromatic rings. The Bertz CT molecular complexity index is 3200. The summed E-state index contributed by atoms with van der Waals surface area (Å²) in [7, 11) is 0. The molecule has 0 atom stereocenters. The molecule has 2 heterocycles. The summed E-state index contributed by atoms with van der Waals surface area (Å²) in [5.41, 5.74) is 13.3. The third-order valence-electron chi connectivity index (χ3n) is 13.1. The van der Waals surface area contributed by atoms with Gasteiger partial charge in [0.25, 0.3) is 0 Å². The minimum Gasteiger partial charge on any atom is -0.294 e. The normalized spacial score (nSPS) is 13.3. The second kappa shape index (κ2) is 15.0. The summed E-state index contributed by atoms with van der Waals surface area (Å²) in [6.07, 6.45) is 5.87. The Morgan fingerprint density at radius 3 is 1.48 bits per heavy atom. The van der Waals surface area contributed by atoms with Gasteiger partial charge in [0.1, 0.15) is 11.6 Å². The standard InChI is InChI=1S/C58H48N4/c1-38(2)48-37-52(62(54-20-12-14-34-60-54)45-27-23-42(24-28-45)40-17-9-6-10-18-40)49-36-50-55-43(31-32-58(50,3)4)35-51(47-30-29-46(48)56(49)57(47)55)61(53-19-11-13-33-59-53)44-25-21-41(22-26-44)39-15-7-5-8-16-39/h5-30,33-38H,31-32H2,1-4H3. The number of anilines is 6. The van der Waals surface area contributed by atoms with Crippen molar-refractivity contribution < 1.29 is 0 Å². The van der Waals surface area contributed by atoms with Crippen LogP contribution < -0.4 is 9.80 Å². The predicted octanol–water partition coefficient (Wildman–Crippen LogP) is 16.0. The molecule has 0 radical (unpaired) electrons. The van der Waals surface area contributed by atoms with Crippen LogP contribution in [0.5, 0.6) is 0 Å². The molecular formula is C58H48N4. The molecule has 0 spiro atoms. The molecular weight excluding hydrogens is 753 g/mol. The molecule has 1 aliphatic rings. The lowest BCUT2D eigenvalue weighted by Gasteiger charge is -2.37. The van der Waals surface area contributed by atoms with Gasteiger partial charge in [-0.15, -0.1) is 0 Å². The molecule has 0 amide bonds. The van der Waals surface area contributed by atoms with Crippen molar-refractivity contribution in [2.75, 3.05) is 9.80 Å². The molecule has 2 aromatic heterocycles. The summed E-state index contributed by atoms with van der Waals surface area (Å²) >= 11 is 0. The molecule has 62 heavy (non-hydrogen) atoms. The Morgan fingerprint density at radius 2 is 0.968 bits per heavy atom.